The Balaban J connectivity index is 1.29. The van der Waals surface area contributed by atoms with E-state index in [1.165, 1.54) is 22.9 Å². The number of hydrogen-bond donors (Lipinski definition) is 0. The van der Waals surface area contributed by atoms with Gasteiger partial charge in [0.25, 0.3) is 0 Å². The van der Waals surface area contributed by atoms with Gasteiger partial charge in [-0.15, -0.1) is 0 Å². The molecule has 4 aromatic carbocycles. The SMILES string of the molecule is Cc1ccc(N(c2ccc(C)cc2)c2ccc(-c3ccc(-c4cc[n+](CCC[N+](C)(C)C)cc4)c4nsnc34)cc2)cc1. The van der Waals surface area contributed by atoms with Crippen LogP contribution in [0.25, 0.3) is 33.3 Å². The zero-order chi connectivity index (χ0) is 30.0. The Bertz CT molecular complexity index is 1770. The molecule has 0 amide bonds. The number of fused-ring (bicyclic) bond motifs is 1. The topological polar surface area (TPSA) is 32.9 Å². The summed E-state index contributed by atoms with van der Waals surface area (Å²) in [5.41, 5.74) is 12.3. The van der Waals surface area contributed by atoms with Crippen LogP contribution in [0.3, 0.4) is 0 Å². The van der Waals surface area contributed by atoms with E-state index in [0.717, 1.165) is 74.3 Å². The van der Waals surface area contributed by atoms with E-state index in [1.54, 1.807) is 0 Å². The van der Waals surface area contributed by atoms with Crippen LogP contribution in [0.15, 0.2) is 109 Å². The molecule has 6 heteroatoms. The Morgan fingerprint density at radius 3 is 1.51 bits per heavy atom. The molecule has 6 rings (SSSR count). The Hall–Kier alpha value is -4.39. The Morgan fingerprint density at radius 2 is 1.05 bits per heavy atom. The molecule has 0 unspecified atom stereocenters. The molecule has 0 bridgehead atoms. The predicted octanol–water partition coefficient (Wildman–Crippen LogP) is 8.50. The van der Waals surface area contributed by atoms with Gasteiger partial charge in [-0.3, -0.25) is 0 Å². The van der Waals surface area contributed by atoms with E-state index in [-0.39, 0.29) is 0 Å². The molecule has 5 nitrogen and oxygen atoms in total. The zero-order valence-electron chi connectivity index (χ0n) is 25.7. The van der Waals surface area contributed by atoms with Gasteiger partial charge < -0.3 is 9.38 Å². The fourth-order valence-corrected chi connectivity index (χ4v) is 6.04. The van der Waals surface area contributed by atoms with Gasteiger partial charge in [-0.2, -0.15) is 8.75 Å². The van der Waals surface area contributed by atoms with Crippen LogP contribution in [0.5, 0.6) is 0 Å². The molecule has 2 aromatic heterocycles. The number of aryl methyl sites for hydroxylation is 3. The second-order valence-electron chi connectivity index (χ2n) is 12.4. The number of anilines is 3. The van der Waals surface area contributed by atoms with Gasteiger partial charge in [0, 0.05) is 40.3 Å². The molecule has 0 aliphatic heterocycles. The molecule has 216 valence electrons. The monoisotopic (exact) mass is 585 g/mol. The summed E-state index contributed by atoms with van der Waals surface area (Å²) >= 11 is 1.28. The van der Waals surface area contributed by atoms with Crippen LogP contribution in [-0.4, -0.2) is 40.9 Å². The van der Waals surface area contributed by atoms with Gasteiger partial charge in [0.15, 0.2) is 18.9 Å². The van der Waals surface area contributed by atoms with Crippen molar-refractivity contribution in [2.75, 3.05) is 32.6 Å². The lowest BCUT2D eigenvalue weighted by Crippen LogP contribution is -2.39. The van der Waals surface area contributed by atoms with Crippen molar-refractivity contribution in [1.29, 1.82) is 0 Å². The van der Waals surface area contributed by atoms with Crippen molar-refractivity contribution < 1.29 is 9.05 Å². The smallest absolute Gasteiger partial charge is 0.169 e. The average Bonchev–Trinajstić information content (AvgIpc) is 3.49. The highest BCUT2D eigenvalue weighted by Crippen LogP contribution is 2.38. The lowest BCUT2D eigenvalue weighted by molar-refractivity contribution is -0.873. The molecule has 43 heavy (non-hydrogen) atoms. The lowest BCUT2D eigenvalue weighted by atomic mass is 9.98. The molecule has 0 atom stereocenters. The van der Waals surface area contributed by atoms with E-state index in [0.29, 0.717) is 0 Å². The van der Waals surface area contributed by atoms with Gasteiger partial charge in [0.1, 0.15) is 11.0 Å². The highest BCUT2D eigenvalue weighted by atomic mass is 32.1. The molecule has 0 aliphatic rings. The number of benzene rings is 4. The molecule has 0 radical (unpaired) electrons. The van der Waals surface area contributed by atoms with Crippen LogP contribution in [0.1, 0.15) is 17.5 Å². The molecule has 6 aromatic rings. The largest absolute Gasteiger partial charge is 0.331 e. The maximum Gasteiger partial charge on any atom is 0.169 e. The Kier molecular flexibility index (Phi) is 8.06. The highest BCUT2D eigenvalue weighted by molar-refractivity contribution is 7.00. The summed E-state index contributed by atoms with van der Waals surface area (Å²) in [6.07, 6.45) is 5.50. The molecule has 0 saturated heterocycles. The minimum atomic E-state index is 0.948. The highest BCUT2D eigenvalue weighted by Gasteiger charge is 2.17. The van der Waals surface area contributed by atoms with Crippen molar-refractivity contribution in [2.24, 2.45) is 0 Å². The number of pyridine rings is 1. The first-order valence-corrected chi connectivity index (χ1v) is 15.6. The maximum absolute atomic E-state index is 4.74. The summed E-state index contributed by atoms with van der Waals surface area (Å²) in [5, 5.41) is 0. The van der Waals surface area contributed by atoms with Gasteiger partial charge in [0.2, 0.25) is 0 Å². The van der Waals surface area contributed by atoms with E-state index in [9.17, 15) is 0 Å². The first-order chi connectivity index (χ1) is 20.7. The van der Waals surface area contributed by atoms with Gasteiger partial charge in [-0.25, -0.2) is 4.57 Å². The van der Waals surface area contributed by atoms with Crippen molar-refractivity contribution in [2.45, 2.75) is 26.8 Å². The quantitative estimate of drug-likeness (QED) is 0.126. The summed E-state index contributed by atoms with van der Waals surface area (Å²) < 4.78 is 12.7. The van der Waals surface area contributed by atoms with E-state index in [1.807, 2.05) is 0 Å². The van der Waals surface area contributed by atoms with Crippen molar-refractivity contribution in [3.63, 3.8) is 0 Å². The number of aromatic nitrogens is 3. The fraction of sp³-hybridized carbons (Fsp3) is 0.216. The van der Waals surface area contributed by atoms with Gasteiger partial charge >= 0.3 is 0 Å². The molecular formula is C37H39N5S+2. The first kappa shape index (κ1) is 28.7. The lowest BCUT2D eigenvalue weighted by Gasteiger charge is -2.26. The second-order valence-corrected chi connectivity index (χ2v) is 12.9. The normalized spacial score (nSPS) is 11.7. The first-order valence-electron chi connectivity index (χ1n) is 14.8. The molecule has 0 N–H and O–H groups in total. The van der Waals surface area contributed by atoms with E-state index >= 15 is 0 Å². The van der Waals surface area contributed by atoms with Crippen LogP contribution in [-0.2, 0) is 6.54 Å². The third-order valence-corrected chi connectivity index (χ3v) is 8.41. The number of nitrogens with zero attached hydrogens (tertiary/aromatic N) is 5. The number of quaternary nitrogens is 1. The fourth-order valence-electron chi connectivity index (χ4n) is 5.47. The molecule has 0 aliphatic carbocycles. The van der Waals surface area contributed by atoms with Crippen molar-refractivity contribution >= 4 is 39.8 Å². The average molecular weight is 586 g/mol. The van der Waals surface area contributed by atoms with Crippen molar-refractivity contribution in [1.82, 2.24) is 8.75 Å². The molecule has 0 fully saturated rings. The molecule has 0 saturated carbocycles. The third-order valence-electron chi connectivity index (χ3n) is 7.88. The van der Waals surface area contributed by atoms with Crippen LogP contribution in [0.4, 0.5) is 17.1 Å². The van der Waals surface area contributed by atoms with E-state index < -0.39 is 0 Å². The zero-order valence-corrected chi connectivity index (χ0v) is 26.5. The Morgan fingerprint density at radius 1 is 0.605 bits per heavy atom. The van der Waals surface area contributed by atoms with Crippen LogP contribution < -0.4 is 9.47 Å². The third kappa shape index (κ3) is 6.51. The standard InChI is InChI=1S/C37H39N5S/c1-27-7-13-31(14-8-27)41(32-15-9-28(2)10-16-32)33-17-11-29(12-18-33)34-19-20-35(37-36(34)38-43-39-37)30-21-24-40(25-22-30)23-6-26-42(3,4)5/h7-22,24-25H,6,23,26H2,1-5H3/q+2. The molecule has 2 heterocycles. The molecule has 0 spiro atoms. The van der Waals surface area contributed by atoms with Gasteiger partial charge in [-0.1, -0.05) is 59.7 Å². The van der Waals surface area contributed by atoms with Crippen molar-refractivity contribution in [3.05, 3.63) is 121 Å². The van der Waals surface area contributed by atoms with E-state index in [4.69, 9.17) is 8.75 Å². The number of hydrogen-bond acceptors (Lipinski definition) is 4. The van der Waals surface area contributed by atoms with Crippen LogP contribution in [0, 0.1) is 13.8 Å². The van der Waals surface area contributed by atoms with Crippen LogP contribution >= 0.6 is 11.7 Å². The summed E-state index contributed by atoms with van der Waals surface area (Å²) in [6, 6.07) is 34.9. The summed E-state index contributed by atoms with van der Waals surface area (Å²) in [5.74, 6) is 0. The minimum absolute atomic E-state index is 0.948. The molecular weight excluding hydrogens is 547 g/mol. The van der Waals surface area contributed by atoms with Crippen LogP contribution in [0.2, 0.25) is 0 Å². The predicted molar refractivity (Wildman–Crippen MR) is 180 cm³/mol. The van der Waals surface area contributed by atoms with E-state index in [2.05, 4.69) is 154 Å². The summed E-state index contributed by atoms with van der Waals surface area (Å²) in [7, 11) is 6.72. The second kappa shape index (κ2) is 12.1. The summed E-state index contributed by atoms with van der Waals surface area (Å²) in [4.78, 5) is 2.30. The minimum Gasteiger partial charge on any atom is -0.331 e. The number of rotatable bonds is 9. The van der Waals surface area contributed by atoms with Gasteiger partial charge in [0.05, 0.1) is 45.8 Å². The van der Waals surface area contributed by atoms with Crippen molar-refractivity contribution in [3.8, 4) is 22.3 Å². The Labute approximate surface area is 259 Å². The van der Waals surface area contributed by atoms with Gasteiger partial charge in [-0.05, 0) is 61.4 Å². The summed E-state index contributed by atoms with van der Waals surface area (Å²) in [6.45, 7) is 6.41. The maximum atomic E-state index is 4.74.